The van der Waals surface area contributed by atoms with Crippen LogP contribution >= 0.6 is 0 Å². The van der Waals surface area contributed by atoms with Crippen molar-refractivity contribution >= 4 is 121 Å². The van der Waals surface area contributed by atoms with E-state index in [-0.39, 0.29) is 0 Å². The zero-order chi connectivity index (χ0) is 85.6. The maximum Gasteiger partial charge on any atom is 0.294 e. The van der Waals surface area contributed by atoms with Crippen LogP contribution in [-0.2, 0) is 160 Å². The lowest BCUT2D eigenvalue weighted by molar-refractivity contribution is 0.303. The van der Waals surface area contributed by atoms with Crippen molar-refractivity contribution in [1.29, 1.82) is 0 Å². The second-order valence-corrected chi connectivity index (χ2v) is 43.2. The van der Waals surface area contributed by atoms with Gasteiger partial charge in [0.25, 0.3) is 121 Å². The van der Waals surface area contributed by atoms with Crippen molar-refractivity contribution in [2.75, 3.05) is 74.2 Å². The highest BCUT2D eigenvalue weighted by Crippen LogP contribution is 2.45. The van der Waals surface area contributed by atoms with E-state index in [1.54, 1.807) is 0 Å². The number of hydrogen-bond acceptors (Lipinski definition) is 30. The van der Waals surface area contributed by atoms with E-state index in [4.69, 9.17) is 28.4 Å². The van der Waals surface area contributed by atoms with Crippen LogP contribution in [0, 0.1) is 0 Å². The topological polar surface area (TPSA) is 708 Å². The third kappa shape index (κ3) is 29.3. The van der Waals surface area contributed by atoms with E-state index in [9.17, 15) is 156 Å². The molecule has 0 radical (unpaired) electrons. The quantitative estimate of drug-likeness (QED) is 0.0198. The molecule has 0 amide bonds. The largest absolute Gasteiger partial charge is 0.493 e. The molecule has 12 bridgehead atoms. The monoisotopic (exact) mass is 1850 g/mol. The van der Waals surface area contributed by atoms with E-state index in [2.05, 4.69) is 0 Å². The Kier molecular flexibility index (Phi) is 30.2. The molecule has 0 spiro atoms. The molecule has 12 N–H and O–H groups in total. The van der Waals surface area contributed by atoms with Gasteiger partial charge in [0.05, 0.1) is 104 Å². The lowest BCUT2D eigenvalue weighted by Gasteiger charge is -2.24. The molecule has 0 saturated heterocycles. The van der Waals surface area contributed by atoms with Gasteiger partial charge in [0, 0.05) is 105 Å². The van der Waals surface area contributed by atoms with Crippen molar-refractivity contribution in [2.24, 2.45) is 0 Å². The van der Waals surface area contributed by atoms with Gasteiger partial charge < -0.3 is 28.4 Å². The lowest BCUT2D eigenvalue weighted by Crippen LogP contribution is -2.15. The number of rotatable bonds is 36. The highest BCUT2D eigenvalue weighted by molar-refractivity contribution is 7.88. The molecule has 0 fully saturated rings. The summed E-state index contributed by atoms with van der Waals surface area (Å²) in [5.41, 5.74) is -7.88. The SMILES string of the molecule is O=S(=O)(O)CCCOc1c2cc(S(=O)(=O)O)cc1Cc1cc(S(=O)(=O)O)cc(c1OCCCS(=O)(=O)O)Cc1cc(S(=O)(=O)O)cc(c1OCCCS(=O)(=O)O)Cc1cc(S(=O)(=O)O)cc(c1OCCCS(=O)(=O)O)Cc1cc(S(=O)(=O)O)cc(c1OCCCS(=O)(=O)O)Cc1cc(S(=O)(=O)O)cc(c1OCCCS(=O)(=O)O)C2. The molecule has 7 rings (SSSR count). The summed E-state index contributed by atoms with van der Waals surface area (Å²) in [7, 11) is -63.4. The van der Waals surface area contributed by atoms with Gasteiger partial charge in [-0.25, -0.2) is 0 Å². The Morgan fingerprint density at radius 3 is 0.360 bits per heavy atom. The van der Waals surface area contributed by atoms with Gasteiger partial charge in [-0.1, -0.05) is 0 Å². The summed E-state index contributed by atoms with van der Waals surface area (Å²) < 4.78 is 471. The lowest BCUT2D eigenvalue weighted by atomic mass is 9.91. The normalized spacial score (nSPS) is 14.0. The molecular weight excluding hydrogens is 1780 g/mol. The first kappa shape index (κ1) is 94.2. The first-order valence-electron chi connectivity index (χ1n) is 32.3. The van der Waals surface area contributed by atoms with Crippen LogP contribution in [0.3, 0.4) is 0 Å². The Morgan fingerprint density at radius 1 is 0.184 bits per heavy atom. The summed E-state index contributed by atoms with van der Waals surface area (Å²) in [6.45, 7) is -5.35. The number of ether oxygens (including phenoxy) is 6. The van der Waals surface area contributed by atoms with E-state index < -0.39 is 403 Å². The number of hydrogen-bond donors (Lipinski definition) is 12. The fourth-order valence-corrected chi connectivity index (χ4v) is 18.0. The van der Waals surface area contributed by atoms with Crippen molar-refractivity contribution < 1.29 is 184 Å². The maximum absolute atomic E-state index is 13.7. The van der Waals surface area contributed by atoms with Crippen LogP contribution in [0.1, 0.15) is 105 Å². The Balaban J connectivity index is 1.82. The molecule has 0 aromatic heterocycles. The minimum Gasteiger partial charge on any atom is -0.493 e. The molecule has 1 aliphatic carbocycles. The van der Waals surface area contributed by atoms with Gasteiger partial charge in [-0.05, 0) is 111 Å². The smallest absolute Gasteiger partial charge is 0.294 e. The highest BCUT2D eigenvalue weighted by Gasteiger charge is 2.32. The van der Waals surface area contributed by atoms with Crippen molar-refractivity contribution in [2.45, 2.75) is 106 Å². The second kappa shape index (κ2) is 36.5. The first-order chi connectivity index (χ1) is 52.0. The number of benzene rings is 6. The van der Waals surface area contributed by atoms with Gasteiger partial charge in [-0.3, -0.25) is 54.6 Å². The van der Waals surface area contributed by atoms with E-state index >= 15 is 0 Å². The predicted molar refractivity (Wildman–Crippen MR) is 394 cm³/mol. The summed E-state index contributed by atoms with van der Waals surface area (Å²) in [5, 5.41) is 0. The Morgan fingerprint density at radius 2 is 0.281 bits per heavy atom. The van der Waals surface area contributed by atoms with Crippen LogP contribution in [-0.4, -0.2) is 230 Å². The standard InChI is InChI=1S/C60H72O42S12/c61-103(62,63)13-1-7-97-55-37-19-39-27-50(110(82,83)84)29-41(56(39)98-8-2-14-104(64,65)66)21-43-31-52(112(88,89)90)33-45(58(43)100-10-4-16-106(70,71)72)23-47-35-54(114(94,95)96)36-48(60(47)102-12-6-18-108(76,77)78)24-46-34-53(113(91,92)93)32-44(59(46)101-11-5-17-107(73,74)75)22-42-30-51(111(85,86)87)28-40(57(42)99-9-3-15-105(67,68)69)20-38(55)26-49(25-37)109(79,80)81/h25-36H,1-24H2,(H,61,62,63)(H,64,65,66)(H,67,68,69)(H,70,71,72)(H,73,74,75)(H,76,77,78)(H,79,80,81)(H,82,83,84)(H,85,86,87)(H,88,89,90)(H,91,92,93)(H,94,95,96). The minimum atomic E-state index is -5.67. The summed E-state index contributed by atoms with van der Waals surface area (Å²) in [4.78, 5) is -7.17. The molecule has 0 saturated carbocycles. The van der Waals surface area contributed by atoms with E-state index in [1.807, 2.05) is 0 Å². The Labute approximate surface area is 655 Å². The molecule has 0 unspecified atom stereocenters. The third-order valence-corrected chi connectivity index (χ3v) is 25.9. The fraction of sp³-hybridized carbons (Fsp3) is 0.400. The van der Waals surface area contributed by atoms with Gasteiger partial charge in [0.15, 0.2) is 0 Å². The van der Waals surface area contributed by atoms with Crippen molar-refractivity contribution in [1.82, 2.24) is 0 Å². The highest BCUT2D eigenvalue weighted by atomic mass is 32.3. The molecule has 42 nitrogen and oxygen atoms in total. The van der Waals surface area contributed by atoms with Crippen LogP contribution < -0.4 is 28.4 Å². The molecule has 0 heterocycles. The van der Waals surface area contributed by atoms with Crippen molar-refractivity contribution in [3.8, 4) is 34.5 Å². The minimum absolute atomic E-state index is 0.599. The second-order valence-electron chi connectivity index (χ2n) is 25.3. The van der Waals surface area contributed by atoms with Gasteiger partial charge in [0.1, 0.15) is 34.5 Å². The molecule has 0 aliphatic heterocycles. The van der Waals surface area contributed by atoms with Crippen LogP contribution in [0.2, 0.25) is 0 Å². The zero-order valence-corrected chi connectivity index (χ0v) is 68.2. The summed E-state index contributed by atoms with van der Waals surface area (Å²) in [6.07, 6.45) is -11.1. The Bertz CT molecular complexity index is 5060. The van der Waals surface area contributed by atoms with Crippen LogP contribution in [0.15, 0.2) is 102 Å². The molecule has 6 aromatic carbocycles. The van der Waals surface area contributed by atoms with Crippen molar-refractivity contribution in [3.05, 3.63) is 140 Å². The van der Waals surface area contributed by atoms with Gasteiger partial charge in [-0.2, -0.15) is 101 Å². The summed E-state index contributed by atoms with van der Waals surface area (Å²) in [6, 6.07) is 7.19. The molecule has 114 heavy (non-hydrogen) atoms. The molecular formula is C60H72O42S12. The molecule has 636 valence electrons. The molecule has 54 heteroatoms. The average Bonchev–Trinajstić information content (AvgIpc) is 0.767. The van der Waals surface area contributed by atoms with Crippen LogP contribution in [0.25, 0.3) is 0 Å². The molecule has 1 aliphatic rings. The zero-order valence-electron chi connectivity index (χ0n) is 58.4. The van der Waals surface area contributed by atoms with Crippen molar-refractivity contribution in [3.63, 3.8) is 0 Å². The first-order valence-corrected chi connectivity index (χ1v) is 50.6. The summed E-state index contributed by atoms with van der Waals surface area (Å²) >= 11 is 0. The van der Waals surface area contributed by atoms with Gasteiger partial charge in [0.2, 0.25) is 0 Å². The van der Waals surface area contributed by atoms with E-state index in [0.29, 0.717) is 72.8 Å². The predicted octanol–water partition coefficient (Wildman–Crippen LogP) is 2.97. The van der Waals surface area contributed by atoms with E-state index in [1.165, 1.54) is 0 Å². The number of fused-ring (bicyclic) bond motifs is 12. The maximum atomic E-state index is 13.7. The summed E-state index contributed by atoms with van der Waals surface area (Å²) in [5.74, 6) is -11.0. The van der Waals surface area contributed by atoms with Crippen LogP contribution in [0.4, 0.5) is 0 Å². The third-order valence-electron chi connectivity index (χ3n) is 16.1. The van der Waals surface area contributed by atoms with Gasteiger partial charge in [-0.15, -0.1) is 0 Å². The molecule has 6 aromatic rings. The van der Waals surface area contributed by atoms with E-state index in [0.717, 1.165) is 0 Å². The average molecular weight is 1850 g/mol. The fourth-order valence-electron chi connectivity index (χ4n) is 11.6. The van der Waals surface area contributed by atoms with Gasteiger partial charge >= 0.3 is 0 Å². The Hall–Kier alpha value is -6.96. The van der Waals surface area contributed by atoms with Crippen LogP contribution in [0.5, 0.6) is 34.5 Å². The molecule has 0 atom stereocenters.